The highest BCUT2D eigenvalue weighted by molar-refractivity contribution is 7.98. The first-order valence-corrected chi connectivity index (χ1v) is 13.5. The van der Waals surface area contributed by atoms with E-state index in [4.69, 9.17) is 10.8 Å². The van der Waals surface area contributed by atoms with E-state index in [1.165, 1.54) is 11.8 Å². The molecule has 0 fully saturated rings. The Balaban J connectivity index is 2.98. The van der Waals surface area contributed by atoms with Crippen molar-refractivity contribution in [3.05, 3.63) is 35.9 Å². The minimum Gasteiger partial charge on any atom is -0.481 e. The Kier molecular flexibility index (Phi) is 14.3. The third-order valence-corrected chi connectivity index (χ3v) is 6.58. The third-order valence-electron chi connectivity index (χ3n) is 5.94. The molecule has 1 rings (SSSR count). The molecule has 0 saturated heterocycles. The van der Waals surface area contributed by atoms with E-state index in [0.29, 0.717) is 12.2 Å². The number of hydrogen-bond acceptors (Lipinski definition) is 7. The van der Waals surface area contributed by atoms with E-state index in [9.17, 15) is 29.1 Å². The van der Waals surface area contributed by atoms with Crippen molar-refractivity contribution >= 4 is 41.4 Å². The lowest BCUT2D eigenvalue weighted by molar-refractivity contribution is -0.142. The van der Waals surface area contributed by atoms with E-state index < -0.39 is 53.8 Å². The quantitative estimate of drug-likeness (QED) is 0.166. The molecule has 0 aliphatic carbocycles. The molecule has 1 aromatic rings. The number of thioether (sulfide) groups is 1. The van der Waals surface area contributed by atoms with Gasteiger partial charge in [0.1, 0.15) is 18.1 Å². The van der Waals surface area contributed by atoms with Gasteiger partial charge in [-0.05, 0) is 36.3 Å². The molecule has 0 bridgehead atoms. The van der Waals surface area contributed by atoms with Crippen molar-refractivity contribution in [2.75, 3.05) is 12.0 Å². The predicted molar refractivity (Wildman–Crippen MR) is 141 cm³/mol. The first kappa shape index (κ1) is 31.9. The number of carbonyl (C=O) groups is 5. The van der Waals surface area contributed by atoms with Gasteiger partial charge >= 0.3 is 11.9 Å². The summed E-state index contributed by atoms with van der Waals surface area (Å²) >= 11 is 1.46. The molecule has 206 valence electrons. The number of rotatable bonds is 17. The fraction of sp³-hybridized carbons (Fsp3) is 0.560. The zero-order chi connectivity index (χ0) is 28.0. The van der Waals surface area contributed by atoms with E-state index in [1.54, 1.807) is 37.3 Å². The van der Waals surface area contributed by atoms with Crippen LogP contribution in [-0.2, 0) is 30.4 Å². The van der Waals surface area contributed by atoms with E-state index in [-0.39, 0.29) is 31.6 Å². The van der Waals surface area contributed by atoms with Gasteiger partial charge < -0.3 is 31.9 Å². The van der Waals surface area contributed by atoms with Gasteiger partial charge in [-0.25, -0.2) is 4.79 Å². The first-order valence-electron chi connectivity index (χ1n) is 12.1. The van der Waals surface area contributed by atoms with Crippen molar-refractivity contribution in [1.82, 2.24) is 16.0 Å². The molecular formula is C25H38N4O7S. The predicted octanol–water partition coefficient (Wildman–Crippen LogP) is 0.759. The van der Waals surface area contributed by atoms with Crippen LogP contribution in [0.25, 0.3) is 0 Å². The second-order valence-corrected chi connectivity index (χ2v) is 9.83. The minimum absolute atomic E-state index is 0.0731. The lowest BCUT2D eigenvalue weighted by atomic mass is 9.96. The second-order valence-electron chi connectivity index (χ2n) is 8.84. The van der Waals surface area contributed by atoms with Gasteiger partial charge in [0.05, 0.1) is 6.04 Å². The summed E-state index contributed by atoms with van der Waals surface area (Å²) in [5.41, 5.74) is 6.51. The molecule has 7 N–H and O–H groups in total. The molecule has 3 amide bonds. The molecule has 0 spiro atoms. The second kappa shape index (κ2) is 16.6. The summed E-state index contributed by atoms with van der Waals surface area (Å²) in [5.74, 6) is -4.00. The first-order chi connectivity index (χ1) is 17.5. The molecular weight excluding hydrogens is 500 g/mol. The molecule has 1 aromatic carbocycles. The molecule has 5 atom stereocenters. The van der Waals surface area contributed by atoms with E-state index in [1.807, 2.05) is 13.2 Å². The Labute approximate surface area is 221 Å². The number of amides is 3. The van der Waals surface area contributed by atoms with Crippen LogP contribution in [0, 0.1) is 5.92 Å². The lowest BCUT2D eigenvalue weighted by Gasteiger charge is -2.28. The summed E-state index contributed by atoms with van der Waals surface area (Å²) in [7, 11) is 0. The molecule has 0 radical (unpaired) electrons. The van der Waals surface area contributed by atoms with Crippen molar-refractivity contribution in [2.24, 2.45) is 11.7 Å². The van der Waals surface area contributed by atoms with E-state index >= 15 is 0 Å². The molecule has 0 heterocycles. The van der Waals surface area contributed by atoms with Crippen molar-refractivity contribution < 1.29 is 34.2 Å². The van der Waals surface area contributed by atoms with Gasteiger partial charge in [-0.3, -0.25) is 19.2 Å². The molecule has 12 heteroatoms. The lowest BCUT2D eigenvalue weighted by Crippen LogP contribution is -2.59. The summed E-state index contributed by atoms with van der Waals surface area (Å²) in [5, 5.41) is 26.2. The summed E-state index contributed by atoms with van der Waals surface area (Å²) in [6.45, 7) is 3.60. The third kappa shape index (κ3) is 11.6. The Bertz CT molecular complexity index is 916. The largest absolute Gasteiger partial charge is 0.481 e. The Hall–Kier alpha value is -3.12. The summed E-state index contributed by atoms with van der Waals surface area (Å²) in [6.07, 6.45) is 2.31. The standard InChI is InChI=1S/C25H38N4O7S/c1-4-15(2)21(24(34)28-19(25(35)36)14-16-8-6-5-7-9-16)29-23(33)18(12-13-37-3)27-22(32)17(26)10-11-20(30)31/h5-9,15,17-19,21H,4,10-14,26H2,1-3H3,(H,27,32)(H,28,34)(H,29,33)(H,30,31)(H,35,36). The zero-order valence-corrected chi connectivity index (χ0v) is 22.3. The SMILES string of the molecule is CCC(C)C(NC(=O)C(CCSC)NC(=O)C(N)CCC(=O)O)C(=O)NC(Cc1ccccc1)C(=O)O. The average molecular weight is 539 g/mol. The highest BCUT2D eigenvalue weighted by atomic mass is 32.2. The van der Waals surface area contributed by atoms with E-state index in [2.05, 4.69) is 16.0 Å². The molecule has 11 nitrogen and oxygen atoms in total. The highest BCUT2D eigenvalue weighted by Crippen LogP contribution is 2.12. The van der Waals surface area contributed by atoms with Crippen molar-refractivity contribution in [2.45, 2.75) is 70.1 Å². The fourth-order valence-electron chi connectivity index (χ4n) is 3.46. The number of hydrogen-bond donors (Lipinski definition) is 6. The zero-order valence-electron chi connectivity index (χ0n) is 21.4. The molecule has 0 aromatic heterocycles. The van der Waals surface area contributed by atoms with Crippen LogP contribution in [0.15, 0.2) is 30.3 Å². The summed E-state index contributed by atoms with van der Waals surface area (Å²) in [4.78, 5) is 61.4. The Morgan fingerprint density at radius 3 is 2.08 bits per heavy atom. The highest BCUT2D eigenvalue weighted by Gasteiger charge is 2.32. The van der Waals surface area contributed by atoms with Crippen LogP contribution in [0.3, 0.4) is 0 Å². The smallest absolute Gasteiger partial charge is 0.326 e. The van der Waals surface area contributed by atoms with Gasteiger partial charge in [0.25, 0.3) is 0 Å². The maximum absolute atomic E-state index is 13.2. The van der Waals surface area contributed by atoms with Gasteiger partial charge in [0, 0.05) is 12.8 Å². The van der Waals surface area contributed by atoms with Gasteiger partial charge in [-0.1, -0.05) is 50.6 Å². The van der Waals surface area contributed by atoms with Crippen LogP contribution in [-0.4, -0.2) is 76.0 Å². The molecule has 0 saturated carbocycles. The maximum Gasteiger partial charge on any atom is 0.326 e. The number of aliphatic carboxylic acids is 2. The van der Waals surface area contributed by atoms with Gasteiger partial charge in [0.15, 0.2) is 0 Å². The summed E-state index contributed by atoms with van der Waals surface area (Å²) in [6, 6.07) is 4.52. The Morgan fingerprint density at radius 1 is 0.919 bits per heavy atom. The van der Waals surface area contributed by atoms with Crippen LogP contribution in [0.4, 0.5) is 0 Å². The maximum atomic E-state index is 13.2. The minimum atomic E-state index is -1.20. The van der Waals surface area contributed by atoms with Gasteiger partial charge in [-0.2, -0.15) is 11.8 Å². The number of nitrogens with one attached hydrogen (secondary N) is 3. The number of benzene rings is 1. The van der Waals surface area contributed by atoms with Crippen LogP contribution < -0.4 is 21.7 Å². The number of nitrogens with two attached hydrogens (primary N) is 1. The van der Waals surface area contributed by atoms with Crippen LogP contribution in [0.1, 0.15) is 45.1 Å². The number of carboxylic acids is 2. The van der Waals surface area contributed by atoms with Gasteiger partial charge in [-0.15, -0.1) is 0 Å². The molecule has 0 aliphatic rings. The molecule has 37 heavy (non-hydrogen) atoms. The Morgan fingerprint density at radius 2 is 1.54 bits per heavy atom. The van der Waals surface area contributed by atoms with Crippen LogP contribution in [0.5, 0.6) is 0 Å². The topological polar surface area (TPSA) is 188 Å². The number of carboxylic acid groups (broad SMARTS) is 2. The average Bonchev–Trinajstić information content (AvgIpc) is 2.87. The molecule has 0 aliphatic heterocycles. The molecule has 5 unspecified atom stereocenters. The monoisotopic (exact) mass is 538 g/mol. The van der Waals surface area contributed by atoms with Crippen molar-refractivity contribution in [3.8, 4) is 0 Å². The normalized spacial score (nSPS) is 14.9. The van der Waals surface area contributed by atoms with Crippen molar-refractivity contribution in [1.29, 1.82) is 0 Å². The summed E-state index contributed by atoms with van der Waals surface area (Å²) < 4.78 is 0. The number of carbonyl (C=O) groups excluding carboxylic acids is 3. The van der Waals surface area contributed by atoms with Crippen LogP contribution >= 0.6 is 11.8 Å². The van der Waals surface area contributed by atoms with Gasteiger partial charge in [0.2, 0.25) is 17.7 Å². The van der Waals surface area contributed by atoms with Crippen molar-refractivity contribution in [3.63, 3.8) is 0 Å². The fourth-order valence-corrected chi connectivity index (χ4v) is 3.93. The van der Waals surface area contributed by atoms with E-state index in [0.717, 1.165) is 5.56 Å². The van der Waals surface area contributed by atoms with Crippen LogP contribution in [0.2, 0.25) is 0 Å².